The van der Waals surface area contributed by atoms with Gasteiger partial charge in [-0.2, -0.15) is 5.10 Å². The molecule has 6 nitrogen and oxygen atoms in total. The third-order valence-corrected chi connectivity index (χ3v) is 4.95. The van der Waals surface area contributed by atoms with Crippen LogP contribution in [0.25, 0.3) is 28.3 Å². The number of fused-ring (bicyclic) bond motifs is 1. The number of nitrogens with zero attached hydrogens (tertiary/aromatic N) is 6. The molecule has 0 spiro atoms. The highest BCUT2D eigenvalue weighted by molar-refractivity contribution is 5.68. The van der Waals surface area contributed by atoms with E-state index >= 15 is 0 Å². The number of aromatic nitrogens is 6. The average Bonchev–Trinajstić information content (AvgIpc) is 3.44. The van der Waals surface area contributed by atoms with Crippen molar-refractivity contribution in [3.63, 3.8) is 0 Å². The van der Waals surface area contributed by atoms with E-state index in [0.29, 0.717) is 5.82 Å². The summed E-state index contributed by atoms with van der Waals surface area (Å²) in [6.07, 6.45) is 8.52. The third-order valence-electron chi connectivity index (χ3n) is 4.95. The minimum absolute atomic E-state index is 0.199. The van der Waals surface area contributed by atoms with Gasteiger partial charge < -0.3 is 4.57 Å². The minimum Gasteiger partial charge on any atom is -0.350 e. The van der Waals surface area contributed by atoms with Crippen molar-refractivity contribution >= 4 is 5.65 Å². The first-order valence-electron chi connectivity index (χ1n) is 9.40. The summed E-state index contributed by atoms with van der Waals surface area (Å²) >= 11 is 0. The molecule has 1 unspecified atom stereocenters. The van der Waals surface area contributed by atoms with Crippen LogP contribution in [0.3, 0.4) is 0 Å². The first kappa shape index (κ1) is 19.2. The summed E-state index contributed by atoms with van der Waals surface area (Å²) in [7, 11) is 1.84. The van der Waals surface area contributed by atoms with Crippen LogP contribution in [0.1, 0.15) is 25.3 Å². The lowest BCUT2D eigenvalue weighted by Gasteiger charge is -2.17. The molecule has 0 bridgehead atoms. The molecule has 0 N–H and O–H groups in total. The predicted molar refractivity (Wildman–Crippen MR) is 103 cm³/mol. The zero-order chi connectivity index (χ0) is 20.4. The molecule has 1 atom stereocenters. The van der Waals surface area contributed by atoms with Crippen LogP contribution in [0.4, 0.5) is 13.2 Å². The first-order valence-corrected chi connectivity index (χ1v) is 9.40. The largest absolute Gasteiger partial charge is 0.350 e. The van der Waals surface area contributed by atoms with E-state index in [9.17, 15) is 13.2 Å². The maximum atomic E-state index is 13.0. The molecule has 4 aromatic heterocycles. The molecule has 0 radical (unpaired) electrons. The highest BCUT2D eigenvalue weighted by Crippen LogP contribution is 2.28. The van der Waals surface area contributed by atoms with Crippen LogP contribution in [0.15, 0.2) is 49.3 Å². The zero-order valence-corrected chi connectivity index (χ0v) is 15.9. The van der Waals surface area contributed by atoms with Crippen molar-refractivity contribution in [2.75, 3.05) is 6.67 Å². The van der Waals surface area contributed by atoms with Crippen LogP contribution in [0.2, 0.25) is 0 Å². The van der Waals surface area contributed by atoms with Gasteiger partial charge in [0.05, 0.1) is 18.6 Å². The molecule has 0 aliphatic carbocycles. The van der Waals surface area contributed by atoms with Crippen LogP contribution < -0.4 is 0 Å². The van der Waals surface area contributed by atoms with Gasteiger partial charge in [-0.3, -0.25) is 13.5 Å². The Hall–Kier alpha value is -3.10. The number of rotatable bonds is 8. The lowest BCUT2D eigenvalue weighted by Crippen LogP contribution is -2.10. The normalized spacial score (nSPS) is 12.9. The van der Waals surface area contributed by atoms with Crippen molar-refractivity contribution in [2.45, 2.75) is 31.7 Å². The molecule has 0 fully saturated rings. The molecule has 152 valence electrons. The molecule has 9 heteroatoms. The predicted octanol–water partition coefficient (Wildman–Crippen LogP) is 4.54. The van der Waals surface area contributed by atoms with E-state index in [4.69, 9.17) is 4.98 Å². The number of hydrogen-bond donors (Lipinski definition) is 0. The average molecular weight is 402 g/mol. The molecular weight excluding hydrogens is 381 g/mol. The van der Waals surface area contributed by atoms with Crippen LogP contribution >= 0.6 is 0 Å². The number of imidazole rings is 1. The Morgan fingerprint density at radius 3 is 2.66 bits per heavy atom. The van der Waals surface area contributed by atoms with Crippen molar-refractivity contribution in [2.24, 2.45) is 7.05 Å². The summed E-state index contributed by atoms with van der Waals surface area (Å²) in [5, 5.41) is 4.19. The Morgan fingerprint density at radius 1 is 1.07 bits per heavy atom. The van der Waals surface area contributed by atoms with Crippen molar-refractivity contribution in [1.29, 1.82) is 0 Å². The van der Waals surface area contributed by atoms with Gasteiger partial charge in [0.2, 0.25) is 6.43 Å². The fourth-order valence-corrected chi connectivity index (χ4v) is 3.49. The monoisotopic (exact) mass is 402 g/mol. The van der Waals surface area contributed by atoms with Gasteiger partial charge in [-0.15, -0.1) is 0 Å². The lowest BCUT2D eigenvalue weighted by molar-refractivity contribution is 0.126. The fraction of sp³-hybridized carbons (Fsp3) is 0.350. The first-order chi connectivity index (χ1) is 14.0. The van der Waals surface area contributed by atoms with E-state index in [2.05, 4.69) is 10.1 Å². The third kappa shape index (κ3) is 4.03. The van der Waals surface area contributed by atoms with Gasteiger partial charge in [0.1, 0.15) is 11.5 Å². The van der Waals surface area contributed by atoms with Crippen LogP contribution in [-0.2, 0) is 7.05 Å². The van der Waals surface area contributed by atoms with Crippen molar-refractivity contribution in [3.05, 3.63) is 49.3 Å². The molecule has 4 heterocycles. The van der Waals surface area contributed by atoms with E-state index in [1.165, 1.54) is 0 Å². The smallest absolute Gasteiger partial charge is 0.238 e. The molecule has 0 aliphatic heterocycles. The Morgan fingerprint density at radius 2 is 1.93 bits per heavy atom. The summed E-state index contributed by atoms with van der Waals surface area (Å²) in [6.45, 7) is -0.554. The standard InChI is InChI=1S/C20H21F3N6/c1-27-12-15(11-25-27)17-10-19-24-7-9-29(19)20(26-17)14-5-8-28(13-14)16(4-6-21)2-3-18(22)23/h5,7-13,16,18H,2-4,6H2,1H3. The molecule has 0 amide bonds. The number of alkyl halides is 3. The van der Waals surface area contributed by atoms with Gasteiger partial charge in [0.15, 0.2) is 0 Å². The Bertz CT molecular complexity index is 1100. The summed E-state index contributed by atoms with van der Waals surface area (Å²) in [5.41, 5.74) is 3.14. The molecule has 0 saturated carbocycles. The van der Waals surface area contributed by atoms with E-state index in [-0.39, 0.29) is 25.3 Å². The molecule has 0 aliphatic rings. The van der Waals surface area contributed by atoms with E-state index in [1.54, 1.807) is 27.8 Å². The van der Waals surface area contributed by atoms with Gasteiger partial charge >= 0.3 is 0 Å². The van der Waals surface area contributed by atoms with Gasteiger partial charge in [-0.05, 0) is 18.9 Å². The van der Waals surface area contributed by atoms with E-state index < -0.39 is 13.1 Å². The van der Waals surface area contributed by atoms with Crippen molar-refractivity contribution in [1.82, 2.24) is 28.7 Å². The Kier molecular flexibility index (Phi) is 5.37. The Labute approximate surface area is 165 Å². The SMILES string of the molecule is Cn1cc(-c2cc3nccn3c(-c3ccn(C(CCF)CCC(F)F)c3)n2)cn1. The van der Waals surface area contributed by atoms with Crippen LogP contribution in [-0.4, -0.2) is 41.8 Å². The van der Waals surface area contributed by atoms with Gasteiger partial charge in [0, 0.05) is 67.7 Å². The maximum absolute atomic E-state index is 13.0. The summed E-state index contributed by atoms with van der Waals surface area (Å²) in [6, 6.07) is 3.43. The number of halogens is 3. The van der Waals surface area contributed by atoms with Gasteiger partial charge in [-0.25, -0.2) is 18.7 Å². The maximum Gasteiger partial charge on any atom is 0.238 e. The van der Waals surface area contributed by atoms with Crippen molar-refractivity contribution < 1.29 is 13.2 Å². The van der Waals surface area contributed by atoms with E-state index in [0.717, 1.165) is 22.5 Å². The second-order valence-corrected chi connectivity index (χ2v) is 6.97. The number of hydrogen-bond acceptors (Lipinski definition) is 3. The van der Waals surface area contributed by atoms with Crippen LogP contribution in [0, 0.1) is 0 Å². The van der Waals surface area contributed by atoms with Gasteiger partial charge in [-0.1, -0.05) is 0 Å². The molecule has 0 saturated heterocycles. The lowest BCUT2D eigenvalue weighted by atomic mass is 10.1. The van der Waals surface area contributed by atoms with Gasteiger partial charge in [0.25, 0.3) is 0 Å². The molecule has 4 aromatic rings. The summed E-state index contributed by atoms with van der Waals surface area (Å²) in [4.78, 5) is 9.16. The minimum atomic E-state index is -2.39. The van der Waals surface area contributed by atoms with Crippen molar-refractivity contribution in [3.8, 4) is 22.6 Å². The second kappa shape index (κ2) is 8.10. The van der Waals surface area contributed by atoms with E-state index in [1.807, 2.05) is 42.2 Å². The second-order valence-electron chi connectivity index (χ2n) is 6.97. The summed E-state index contributed by atoms with van der Waals surface area (Å²) < 4.78 is 43.6. The number of aryl methyl sites for hydroxylation is 1. The topological polar surface area (TPSA) is 52.9 Å². The quantitative estimate of drug-likeness (QED) is 0.435. The summed E-state index contributed by atoms with van der Waals surface area (Å²) in [5.74, 6) is 0.672. The highest BCUT2D eigenvalue weighted by atomic mass is 19.3. The molecular formula is C20H21F3N6. The molecule has 0 aromatic carbocycles. The van der Waals surface area contributed by atoms with Crippen LogP contribution in [0.5, 0.6) is 0 Å². The Balaban J connectivity index is 1.72. The fourth-order valence-electron chi connectivity index (χ4n) is 3.49. The molecule has 29 heavy (non-hydrogen) atoms. The highest BCUT2D eigenvalue weighted by Gasteiger charge is 2.17. The zero-order valence-electron chi connectivity index (χ0n) is 15.9. The molecule has 4 rings (SSSR count).